The zero-order valence-corrected chi connectivity index (χ0v) is 9.65. The Morgan fingerprint density at radius 1 is 1.41 bits per heavy atom. The molecule has 0 aliphatic carbocycles. The third-order valence-electron chi connectivity index (χ3n) is 2.32. The molecule has 1 aromatic carbocycles. The van der Waals surface area contributed by atoms with Gasteiger partial charge in [-0.25, -0.2) is 0 Å². The number of imidazole rings is 1. The van der Waals surface area contributed by atoms with Crippen LogP contribution in [0.4, 0.5) is 13.2 Å². The number of aromatic amines is 1. The molecule has 0 aliphatic heterocycles. The van der Waals surface area contributed by atoms with Gasteiger partial charge in [0.2, 0.25) is 0 Å². The predicted molar refractivity (Wildman–Crippen MR) is 59.7 cm³/mol. The number of fused-ring (bicyclic) bond motifs is 1. The lowest BCUT2D eigenvalue weighted by molar-refractivity contribution is -0.140. The standard InChI is InChI=1S/C10H9F3N2OS/c1-16-6-2-3-8-7(4-6)14-9(17)15(8)5-10(11,12)13/h2-4H,5H2,1H3,(H,14,17). The molecule has 0 spiro atoms. The smallest absolute Gasteiger partial charge is 0.406 e. The van der Waals surface area contributed by atoms with Gasteiger partial charge in [0.1, 0.15) is 12.3 Å². The molecule has 92 valence electrons. The Morgan fingerprint density at radius 3 is 2.71 bits per heavy atom. The van der Waals surface area contributed by atoms with Crippen LogP contribution in [0.2, 0.25) is 0 Å². The second-order valence-corrected chi connectivity index (χ2v) is 3.90. The van der Waals surface area contributed by atoms with E-state index in [-0.39, 0.29) is 4.77 Å². The second-order valence-electron chi connectivity index (χ2n) is 3.51. The molecule has 2 rings (SSSR count). The van der Waals surface area contributed by atoms with Crippen molar-refractivity contribution < 1.29 is 17.9 Å². The molecule has 1 aromatic heterocycles. The quantitative estimate of drug-likeness (QED) is 0.842. The van der Waals surface area contributed by atoms with Crippen LogP contribution in [0.15, 0.2) is 18.2 Å². The first-order valence-corrected chi connectivity index (χ1v) is 5.15. The van der Waals surface area contributed by atoms with Crippen molar-refractivity contribution in [3.63, 3.8) is 0 Å². The van der Waals surface area contributed by atoms with E-state index >= 15 is 0 Å². The van der Waals surface area contributed by atoms with Crippen LogP contribution >= 0.6 is 12.2 Å². The molecule has 0 amide bonds. The summed E-state index contributed by atoms with van der Waals surface area (Å²) in [5.41, 5.74) is 0.937. The van der Waals surface area contributed by atoms with Crippen LogP contribution in [-0.2, 0) is 6.54 Å². The first kappa shape index (κ1) is 12.0. The lowest BCUT2D eigenvalue weighted by atomic mass is 10.3. The SMILES string of the molecule is COc1ccc2c(c1)[nH]c(=S)n2CC(F)(F)F. The molecular weight excluding hydrogens is 253 g/mol. The van der Waals surface area contributed by atoms with Crippen molar-refractivity contribution in [2.24, 2.45) is 0 Å². The van der Waals surface area contributed by atoms with E-state index < -0.39 is 12.7 Å². The van der Waals surface area contributed by atoms with E-state index in [4.69, 9.17) is 17.0 Å². The molecule has 0 fully saturated rings. The summed E-state index contributed by atoms with van der Waals surface area (Å²) in [4.78, 5) is 2.72. The number of aromatic nitrogens is 2. The number of nitrogens with one attached hydrogen (secondary N) is 1. The van der Waals surface area contributed by atoms with Gasteiger partial charge >= 0.3 is 6.18 Å². The molecule has 0 atom stereocenters. The topological polar surface area (TPSA) is 29.9 Å². The van der Waals surface area contributed by atoms with Gasteiger partial charge in [-0.3, -0.25) is 0 Å². The van der Waals surface area contributed by atoms with Crippen molar-refractivity contribution in [1.29, 1.82) is 0 Å². The number of ether oxygens (including phenoxy) is 1. The molecule has 0 saturated heterocycles. The van der Waals surface area contributed by atoms with E-state index in [0.29, 0.717) is 16.8 Å². The van der Waals surface area contributed by atoms with E-state index in [1.165, 1.54) is 7.11 Å². The minimum atomic E-state index is -4.30. The average Bonchev–Trinajstić information content (AvgIpc) is 2.52. The monoisotopic (exact) mass is 262 g/mol. The molecule has 17 heavy (non-hydrogen) atoms. The highest BCUT2D eigenvalue weighted by atomic mass is 32.1. The van der Waals surface area contributed by atoms with Crippen LogP contribution in [0.1, 0.15) is 0 Å². The number of H-pyrrole nitrogens is 1. The van der Waals surface area contributed by atoms with Gasteiger partial charge in [0.05, 0.1) is 18.1 Å². The Labute approximate surface area is 99.8 Å². The average molecular weight is 262 g/mol. The van der Waals surface area contributed by atoms with Gasteiger partial charge < -0.3 is 14.3 Å². The third-order valence-corrected chi connectivity index (χ3v) is 2.64. The fraction of sp³-hybridized carbons (Fsp3) is 0.300. The first-order valence-electron chi connectivity index (χ1n) is 4.74. The largest absolute Gasteiger partial charge is 0.497 e. The molecule has 3 nitrogen and oxygen atoms in total. The first-order chi connectivity index (χ1) is 7.90. The summed E-state index contributed by atoms with van der Waals surface area (Å²) < 4.78 is 43.2. The highest BCUT2D eigenvalue weighted by Gasteiger charge is 2.29. The molecule has 0 aliphatic rings. The number of nitrogens with zero attached hydrogens (tertiary/aromatic N) is 1. The molecule has 0 unspecified atom stereocenters. The molecule has 1 heterocycles. The maximum absolute atomic E-state index is 12.4. The van der Waals surface area contributed by atoms with Crippen LogP contribution in [0.25, 0.3) is 11.0 Å². The van der Waals surface area contributed by atoms with E-state index in [1.54, 1.807) is 18.2 Å². The Balaban J connectivity index is 2.57. The lowest BCUT2D eigenvalue weighted by Gasteiger charge is -2.08. The third kappa shape index (κ3) is 2.44. The molecule has 1 N–H and O–H groups in total. The summed E-state index contributed by atoms with van der Waals surface area (Å²) in [6.45, 7) is -1.10. The number of benzene rings is 1. The van der Waals surface area contributed by atoms with Crippen LogP contribution in [-0.4, -0.2) is 22.8 Å². The predicted octanol–water partition coefficient (Wildman–Crippen LogP) is 3.27. The van der Waals surface area contributed by atoms with Gasteiger partial charge in [-0.1, -0.05) is 0 Å². The molecule has 0 bridgehead atoms. The number of halogens is 3. The number of alkyl halides is 3. The highest BCUT2D eigenvalue weighted by Crippen LogP contribution is 2.24. The molecule has 0 radical (unpaired) electrons. The highest BCUT2D eigenvalue weighted by molar-refractivity contribution is 7.71. The fourth-order valence-electron chi connectivity index (χ4n) is 1.61. The Bertz CT molecular complexity index is 600. The van der Waals surface area contributed by atoms with Crippen molar-refractivity contribution in [2.75, 3.05) is 7.11 Å². The summed E-state index contributed by atoms with van der Waals surface area (Å²) in [6.07, 6.45) is -4.30. The van der Waals surface area contributed by atoms with Crippen LogP contribution in [0.5, 0.6) is 5.75 Å². The van der Waals surface area contributed by atoms with Crippen molar-refractivity contribution in [1.82, 2.24) is 9.55 Å². The van der Waals surface area contributed by atoms with Gasteiger partial charge in [-0.2, -0.15) is 13.2 Å². The van der Waals surface area contributed by atoms with Crippen molar-refractivity contribution >= 4 is 23.3 Å². The summed E-state index contributed by atoms with van der Waals surface area (Å²) in [5, 5.41) is 0. The summed E-state index contributed by atoms with van der Waals surface area (Å²) in [5.74, 6) is 0.563. The number of hydrogen-bond donors (Lipinski definition) is 1. The minimum Gasteiger partial charge on any atom is -0.497 e. The maximum atomic E-state index is 12.4. The van der Waals surface area contributed by atoms with E-state index in [1.807, 2.05) is 0 Å². The summed E-state index contributed by atoms with van der Waals surface area (Å²) >= 11 is 4.87. The number of methoxy groups -OCH3 is 1. The molecule has 2 aromatic rings. The summed E-state index contributed by atoms with van der Waals surface area (Å²) in [7, 11) is 1.49. The van der Waals surface area contributed by atoms with Gasteiger partial charge in [0.15, 0.2) is 4.77 Å². The van der Waals surface area contributed by atoms with Gasteiger partial charge in [-0.05, 0) is 24.4 Å². The second kappa shape index (κ2) is 4.06. The van der Waals surface area contributed by atoms with E-state index in [9.17, 15) is 13.2 Å². The Morgan fingerprint density at radius 2 is 2.12 bits per heavy atom. The summed E-state index contributed by atoms with van der Waals surface area (Å²) in [6, 6.07) is 4.75. The van der Waals surface area contributed by atoms with Gasteiger partial charge in [0.25, 0.3) is 0 Å². The van der Waals surface area contributed by atoms with Crippen LogP contribution in [0.3, 0.4) is 0 Å². The lowest BCUT2D eigenvalue weighted by Crippen LogP contribution is -2.17. The number of hydrogen-bond acceptors (Lipinski definition) is 2. The Hall–Kier alpha value is -1.50. The normalized spacial score (nSPS) is 12.0. The molecular formula is C10H9F3N2OS. The molecule has 0 saturated carbocycles. The fourth-order valence-corrected chi connectivity index (χ4v) is 1.88. The van der Waals surface area contributed by atoms with Gasteiger partial charge in [0, 0.05) is 6.07 Å². The zero-order chi connectivity index (χ0) is 12.6. The number of rotatable bonds is 2. The maximum Gasteiger partial charge on any atom is 0.406 e. The van der Waals surface area contributed by atoms with Crippen molar-refractivity contribution in [3.05, 3.63) is 23.0 Å². The van der Waals surface area contributed by atoms with E-state index in [0.717, 1.165) is 4.57 Å². The minimum absolute atomic E-state index is 0.0468. The van der Waals surface area contributed by atoms with Crippen LogP contribution < -0.4 is 4.74 Å². The van der Waals surface area contributed by atoms with E-state index in [2.05, 4.69) is 4.98 Å². The van der Waals surface area contributed by atoms with Gasteiger partial charge in [-0.15, -0.1) is 0 Å². The van der Waals surface area contributed by atoms with Crippen molar-refractivity contribution in [2.45, 2.75) is 12.7 Å². The zero-order valence-electron chi connectivity index (χ0n) is 8.84. The van der Waals surface area contributed by atoms with Crippen molar-refractivity contribution in [3.8, 4) is 5.75 Å². The Kier molecular flexibility index (Phi) is 2.86. The molecule has 7 heteroatoms. The van der Waals surface area contributed by atoms with Crippen LogP contribution in [0, 0.1) is 4.77 Å².